The van der Waals surface area contributed by atoms with Crippen molar-refractivity contribution in [1.29, 1.82) is 0 Å². The Labute approximate surface area is 54.7 Å². The largest absolute Gasteiger partial charge is 0.346 e. The van der Waals surface area contributed by atoms with Crippen molar-refractivity contribution in [3.8, 4) is 0 Å². The summed E-state index contributed by atoms with van der Waals surface area (Å²) in [7, 11) is 1.98. The highest BCUT2D eigenvalue weighted by molar-refractivity contribution is 7.80. The van der Waals surface area contributed by atoms with Crippen LogP contribution in [-0.2, 0) is 7.05 Å². The Morgan fingerprint density at radius 2 is 2.25 bits per heavy atom. The standard InChI is InChI=1S/C6H9NS/c1-5-3-4-7(2)6(5)8/h3-4,8H,1-2H3. The highest BCUT2D eigenvalue weighted by Crippen LogP contribution is 2.11. The minimum Gasteiger partial charge on any atom is -0.346 e. The SMILES string of the molecule is Cc1ccn(C)c1S. The molecule has 0 amide bonds. The van der Waals surface area contributed by atoms with Gasteiger partial charge in [-0.05, 0) is 18.6 Å². The lowest BCUT2D eigenvalue weighted by atomic mass is 10.4. The van der Waals surface area contributed by atoms with Crippen molar-refractivity contribution >= 4 is 12.6 Å². The van der Waals surface area contributed by atoms with Crippen LogP contribution in [0.5, 0.6) is 0 Å². The summed E-state index contributed by atoms with van der Waals surface area (Å²) in [6, 6.07) is 2.04. The molecule has 0 aliphatic rings. The van der Waals surface area contributed by atoms with E-state index in [1.54, 1.807) is 0 Å². The zero-order valence-electron chi connectivity index (χ0n) is 5.05. The molecular formula is C6H9NS. The minimum absolute atomic E-state index is 1.05. The number of hydrogen-bond acceptors (Lipinski definition) is 1. The van der Waals surface area contributed by atoms with Crippen LogP contribution in [0.3, 0.4) is 0 Å². The molecule has 1 nitrogen and oxygen atoms in total. The number of rotatable bonds is 0. The maximum atomic E-state index is 4.23. The van der Waals surface area contributed by atoms with E-state index >= 15 is 0 Å². The second-order valence-corrected chi connectivity index (χ2v) is 2.36. The van der Waals surface area contributed by atoms with Crippen LogP contribution in [-0.4, -0.2) is 4.57 Å². The van der Waals surface area contributed by atoms with Crippen LogP contribution in [0.15, 0.2) is 17.3 Å². The molecule has 2 heteroatoms. The summed E-state index contributed by atoms with van der Waals surface area (Å²) in [5.41, 5.74) is 1.23. The van der Waals surface area contributed by atoms with E-state index in [0.717, 1.165) is 5.03 Å². The quantitative estimate of drug-likeness (QED) is 0.505. The highest BCUT2D eigenvalue weighted by atomic mass is 32.1. The van der Waals surface area contributed by atoms with Crippen molar-refractivity contribution in [1.82, 2.24) is 4.57 Å². The molecule has 0 N–H and O–H groups in total. The van der Waals surface area contributed by atoms with Crippen molar-refractivity contribution in [2.24, 2.45) is 7.05 Å². The van der Waals surface area contributed by atoms with Gasteiger partial charge in [-0.1, -0.05) is 0 Å². The van der Waals surface area contributed by atoms with Crippen LogP contribution >= 0.6 is 12.6 Å². The first-order chi connectivity index (χ1) is 3.72. The van der Waals surface area contributed by atoms with E-state index in [1.807, 2.05) is 30.8 Å². The Balaban J connectivity index is 3.19. The molecule has 0 aromatic carbocycles. The molecule has 0 saturated heterocycles. The Hall–Kier alpha value is -0.370. The molecule has 0 aliphatic heterocycles. The third-order valence-corrected chi connectivity index (χ3v) is 1.90. The highest BCUT2D eigenvalue weighted by Gasteiger charge is 1.93. The fourth-order valence-electron chi connectivity index (χ4n) is 0.647. The van der Waals surface area contributed by atoms with Crippen LogP contribution in [0.4, 0.5) is 0 Å². The summed E-state index contributed by atoms with van der Waals surface area (Å²) in [5.74, 6) is 0. The topological polar surface area (TPSA) is 4.93 Å². The Kier molecular flexibility index (Phi) is 1.34. The molecule has 0 aliphatic carbocycles. The lowest BCUT2D eigenvalue weighted by Gasteiger charge is -1.92. The van der Waals surface area contributed by atoms with Gasteiger partial charge in [0, 0.05) is 13.2 Å². The second-order valence-electron chi connectivity index (χ2n) is 1.93. The lowest BCUT2D eigenvalue weighted by Crippen LogP contribution is -1.83. The van der Waals surface area contributed by atoms with E-state index in [-0.39, 0.29) is 0 Å². The Morgan fingerprint density at radius 1 is 1.62 bits per heavy atom. The molecule has 0 unspecified atom stereocenters. The molecule has 1 heterocycles. The summed E-state index contributed by atoms with van der Waals surface area (Å²) < 4.78 is 1.98. The average Bonchev–Trinajstić information content (AvgIpc) is 1.98. The summed E-state index contributed by atoms with van der Waals surface area (Å²) in [4.78, 5) is 0. The molecule has 1 rings (SSSR count). The van der Waals surface area contributed by atoms with Crippen molar-refractivity contribution in [3.05, 3.63) is 17.8 Å². The molecular weight excluding hydrogens is 118 g/mol. The summed E-state index contributed by atoms with van der Waals surface area (Å²) >= 11 is 4.23. The number of aromatic nitrogens is 1. The first-order valence-corrected chi connectivity index (χ1v) is 2.97. The fraction of sp³-hybridized carbons (Fsp3) is 0.333. The van der Waals surface area contributed by atoms with Gasteiger partial charge in [-0.3, -0.25) is 0 Å². The number of nitrogens with zero attached hydrogens (tertiary/aromatic N) is 1. The molecule has 0 atom stereocenters. The van der Waals surface area contributed by atoms with E-state index in [9.17, 15) is 0 Å². The van der Waals surface area contributed by atoms with Crippen LogP contribution in [0.2, 0.25) is 0 Å². The number of hydrogen-bond donors (Lipinski definition) is 1. The molecule has 0 saturated carbocycles. The molecule has 8 heavy (non-hydrogen) atoms. The van der Waals surface area contributed by atoms with Crippen molar-refractivity contribution < 1.29 is 0 Å². The zero-order valence-corrected chi connectivity index (χ0v) is 5.94. The van der Waals surface area contributed by atoms with Crippen molar-refractivity contribution in [3.63, 3.8) is 0 Å². The normalized spacial score (nSPS) is 9.88. The monoisotopic (exact) mass is 127 g/mol. The summed E-state index contributed by atoms with van der Waals surface area (Å²) in [6.07, 6.45) is 2.00. The van der Waals surface area contributed by atoms with Gasteiger partial charge in [0.15, 0.2) is 0 Å². The molecule has 0 spiro atoms. The Bertz CT molecular complexity index is 171. The number of thiol groups is 1. The average molecular weight is 127 g/mol. The predicted octanol–water partition coefficient (Wildman–Crippen LogP) is 1.62. The third-order valence-electron chi connectivity index (χ3n) is 1.23. The minimum atomic E-state index is 1.05. The van der Waals surface area contributed by atoms with Crippen LogP contribution < -0.4 is 0 Å². The van der Waals surface area contributed by atoms with Gasteiger partial charge < -0.3 is 4.57 Å². The van der Waals surface area contributed by atoms with Gasteiger partial charge in [0.1, 0.15) is 0 Å². The molecule has 0 radical (unpaired) electrons. The molecule has 1 aromatic rings. The first kappa shape index (κ1) is 5.76. The third kappa shape index (κ3) is 0.757. The van der Waals surface area contributed by atoms with E-state index in [1.165, 1.54) is 5.56 Å². The smallest absolute Gasteiger partial charge is 0.0744 e. The maximum Gasteiger partial charge on any atom is 0.0744 e. The first-order valence-electron chi connectivity index (χ1n) is 2.52. The molecule has 0 bridgehead atoms. The summed E-state index contributed by atoms with van der Waals surface area (Å²) in [5, 5.41) is 1.05. The fourth-order valence-corrected chi connectivity index (χ4v) is 0.788. The maximum absolute atomic E-state index is 4.23. The van der Waals surface area contributed by atoms with Crippen molar-refractivity contribution in [2.75, 3.05) is 0 Å². The van der Waals surface area contributed by atoms with Crippen LogP contribution in [0.1, 0.15) is 5.56 Å². The van der Waals surface area contributed by atoms with Gasteiger partial charge >= 0.3 is 0 Å². The predicted molar refractivity (Wildman–Crippen MR) is 37.4 cm³/mol. The van der Waals surface area contributed by atoms with E-state index < -0.39 is 0 Å². The van der Waals surface area contributed by atoms with Gasteiger partial charge in [0.2, 0.25) is 0 Å². The van der Waals surface area contributed by atoms with E-state index in [2.05, 4.69) is 12.6 Å². The van der Waals surface area contributed by atoms with Gasteiger partial charge in [-0.15, -0.1) is 12.6 Å². The van der Waals surface area contributed by atoms with Crippen molar-refractivity contribution in [2.45, 2.75) is 11.9 Å². The van der Waals surface area contributed by atoms with Gasteiger partial charge in [0.05, 0.1) is 5.03 Å². The molecule has 1 aromatic heterocycles. The lowest BCUT2D eigenvalue weighted by molar-refractivity contribution is 0.824. The van der Waals surface area contributed by atoms with E-state index in [0.29, 0.717) is 0 Å². The van der Waals surface area contributed by atoms with Gasteiger partial charge in [-0.2, -0.15) is 0 Å². The van der Waals surface area contributed by atoms with Crippen LogP contribution in [0, 0.1) is 6.92 Å². The molecule has 44 valence electrons. The second kappa shape index (κ2) is 1.86. The van der Waals surface area contributed by atoms with Gasteiger partial charge in [0.25, 0.3) is 0 Å². The molecule has 0 fully saturated rings. The number of aryl methyl sites for hydroxylation is 2. The Morgan fingerprint density at radius 3 is 2.38 bits per heavy atom. The van der Waals surface area contributed by atoms with E-state index in [4.69, 9.17) is 0 Å². The van der Waals surface area contributed by atoms with Crippen LogP contribution in [0.25, 0.3) is 0 Å². The zero-order chi connectivity index (χ0) is 6.15. The van der Waals surface area contributed by atoms with Gasteiger partial charge in [-0.25, -0.2) is 0 Å². The summed E-state index contributed by atoms with van der Waals surface area (Å²) in [6.45, 7) is 2.04.